The summed E-state index contributed by atoms with van der Waals surface area (Å²) in [6.07, 6.45) is 0.0408. The second-order valence-electron chi connectivity index (χ2n) is 7.11. The first-order valence-electron chi connectivity index (χ1n) is 7.00. The lowest BCUT2D eigenvalue weighted by Crippen LogP contribution is -2.47. The average Bonchev–Trinajstić information content (AvgIpc) is 2.47. The lowest BCUT2D eigenvalue weighted by Gasteiger charge is -2.23. The summed E-state index contributed by atoms with van der Waals surface area (Å²) in [5.41, 5.74) is 4.32. The molecule has 1 rings (SSSR count). The van der Waals surface area contributed by atoms with Crippen molar-refractivity contribution >= 4 is 17.9 Å². The lowest BCUT2D eigenvalue weighted by molar-refractivity contribution is -0.124. The van der Waals surface area contributed by atoms with Gasteiger partial charge in [-0.1, -0.05) is 0 Å². The summed E-state index contributed by atoms with van der Waals surface area (Å²) in [7, 11) is 0. The van der Waals surface area contributed by atoms with Crippen LogP contribution in [0.25, 0.3) is 0 Å². The molecule has 0 aromatic rings. The number of nitrogens with one attached hydrogen (secondary N) is 2. The Morgan fingerprint density at radius 3 is 2.43 bits per heavy atom. The molecule has 0 saturated carbocycles. The minimum absolute atomic E-state index is 0.128. The number of carbonyl (C=O) groups excluding carboxylic acids is 3. The molecule has 120 valence electrons. The van der Waals surface area contributed by atoms with Crippen LogP contribution >= 0.6 is 0 Å². The van der Waals surface area contributed by atoms with Gasteiger partial charge >= 0.3 is 6.09 Å². The van der Waals surface area contributed by atoms with E-state index in [1.165, 1.54) is 0 Å². The van der Waals surface area contributed by atoms with Crippen molar-refractivity contribution in [2.24, 2.45) is 11.7 Å². The molecule has 0 bridgehead atoms. The van der Waals surface area contributed by atoms with Crippen LogP contribution in [-0.4, -0.2) is 35.1 Å². The van der Waals surface area contributed by atoms with Crippen molar-refractivity contribution in [3.05, 3.63) is 0 Å². The first-order chi connectivity index (χ1) is 9.39. The molecular weight excluding hydrogens is 274 g/mol. The van der Waals surface area contributed by atoms with Crippen LogP contribution in [0.4, 0.5) is 4.79 Å². The molecule has 0 spiro atoms. The maximum Gasteiger partial charge on any atom is 0.408 e. The Hall–Kier alpha value is -1.79. The standard InChI is InChI=1S/C14H25N3O4/c1-13(2,3)21-12(20)16-9(10(15)18)6-8-7-14(4,5)17-11(8)19/h8-9H,6-7H2,1-5H3,(H2,15,18)(H,16,20)(H,17,19)/t8?,9-/m0/s1. The minimum Gasteiger partial charge on any atom is -0.444 e. The number of rotatable bonds is 4. The van der Waals surface area contributed by atoms with Gasteiger partial charge in [-0.25, -0.2) is 4.79 Å². The molecule has 0 radical (unpaired) electrons. The molecule has 2 atom stereocenters. The SMILES string of the molecule is CC1(C)CC(C[C@H](NC(=O)OC(C)(C)C)C(N)=O)C(=O)N1. The monoisotopic (exact) mass is 299 g/mol. The average molecular weight is 299 g/mol. The van der Waals surface area contributed by atoms with Crippen molar-refractivity contribution in [3.8, 4) is 0 Å². The third kappa shape index (κ3) is 5.61. The van der Waals surface area contributed by atoms with Crippen LogP contribution in [0.5, 0.6) is 0 Å². The molecule has 0 aromatic heterocycles. The number of nitrogens with two attached hydrogens (primary N) is 1. The minimum atomic E-state index is -0.926. The van der Waals surface area contributed by atoms with E-state index in [1.807, 2.05) is 13.8 Å². The number of alkyl carbamates (subject to hydrolysis) is 1. The number of carbonyl (C=O) groups is 3. The first-order valence-corrected chi connectivity index (χ1v) is 7.00. The van der Waals surface area contributed by atoms with Gasteiger partial charge in [0.05, 0.1) is 0 Å². The fraction of sp³-hybridized carbons (Fsp3) is 0.786. The van der Waals surface area contributed by atoms with Crippen LogP contribution < -0.4 is 16.4 Å². The second kappa shape index (κ2) is 5.91. The zero-order valence-corrected chi connectivity index (χ0v) is 13.3. The molecule has 3 amide bonds. The van der Waals surface area contributed by atoms with Gasteiger partial charge in [0, 0.05) is 11.5 Å². The zero-order valence-electron chi connectivity index (χ0n) is 13.3. The van der Waals surface area contributed by atoms with Crippen molar-refractivity contribution in [2.75, 3.05) is 0 Å². The van der Waals surface area contributed by atoms with Crippen molar-refractivity contribution in [1.82, 2.24) is 10.6 Å². The third-order valence-corrected chi connectivity index (χ3v) is 3.14. The van der Waals surface area contributed by atoms with E-state index in [2.05, 4.69) is 10.6 Å². The highest BCUT2D eigenvalue weighted by molar-refractivity contribution is 5.87. The number of hydrogen-bond donors (Lipinski definition) is 3. The highest BCUT2D eigenvalue weighted by Gasteiger charge is 2.39. The van der Waals surface area contributed by atoms with E-state index in [0.717, 1.165) is 0 Å². The Morgan fingerprint density at radius 1 is 1.48 bits per heavy atom. The lowest BCUT2D eigenvalue weighted by atomic mass is 9.91. The molecule has 7 nitrogen and oxygen atoms in total. The van der Waals surface area contributed by atoms with E-state index in [-0.39, 0.29) is 23.8 Å². The van der Waals surface area contributed by atoms with Gasteiger partial charge in [0.15, 0.2) is 0 Å². The fourth-order valence-corrected chi connectivity index (χ4v) is 2.37. The van der Waals surface area contributed by atoms with Crippen LogP contribution in [0, 0.1) is 5.92 Å². The van der Waals surface area contributed by atoms with E-state index in [1.54, 1.807) is 20.8 Å². The summed E-state index contributed by atoms with van der Waals surface area (Å²) in [5, 5.41) is 5.28. The predicted molar refractivity (Wildman–Crippen MR) is 77.3 cm³/mol. The highest BCUT2D eigenvalue weighted by Crippen LogP contribution is 2.27. The molecule has 4 N–H and O–H groups in total. The largest absolute Gasteiger partial charge is 0.444 e. The van der Waals surface area contributed by atoms with E-state index >= 15 is 0 Å². The van der Waals surface area contributed by atoms with Crippen molar-refractivity contribution in [2.45, 2.75) is 64.6 Å². The second-order valence-corrected chi connectivity index (χ2v) is 7.11. The number of hydrogen-bond acceptors (Lipinski definition) is 4. The van der Waals surface area contributed by atoms with Crippen molar-refractivity contribution < 1.29 is 19.1 Å². The van der Waals surface area contributed by atoms with Gasteiger partial charge in [0.25, 0.3) is 0 Å². The van der Waals surface area contributed by atoms with E-state index in [0.29, 0.717) is 6.42 Å². The summed E-state index contributed by atoms with van der Waals surface area (Å²) in [5.74, 6) is -1.16. The highest BCUT2D eigenvalue weighted by atomic mass is 16.6. The van der Waals surface area contributed by atoms with Gasteiger partial charge in [-0.05, 0) is 47.5 Å². The molecule has 1 fully saturated rings. The van der Waals surface area contributed by atoms with E-state index in [9.17, 15) is 14.4 Å². The molecule has 21 heavy (non-hydrogen) atoms. The number of primary amides is 1. The zero-order chi connectivity index (χ0) is 16.4. The van der Waals surface area contributed by atoms with Crippen molar-refractivity contribution in [1.29, 1.82) is 0 Å². The van der Waals surface area contributed by atoms with Crippen LogP contribution in [0.3, 0.4) is 0 Å². The molecule has 1 saturated heterocycles. The van der Waals surface area contributed by atoms with Gasteiger partial charge in [0.1, 0.15) is 11.6 Å². The molecular formula is C14H25N3O4. The maximum absolute atomic E-state index is 11.9. The van der Waals surface area contributed by atoms with Gasteiger partial charge in [0.2, 0.25) is 11.8 Å². The Kier molecular flexibility index (Phi) is 4.86. The predicted octanol–water partition coefficient (Wildman–Crippen LogP) is 0.670. The number of ether oxygens (including phenoxy) is 1. The summed E-state index contributed by atoms with van der Waals surface area (Å²) >= 11 is 0. The van der Waals surface area contributed by atoms with Gasteiger partial charge in [-0.2, -0.15) is 0 Å². The first kappa shape index (κ1) is 17.3. The smallest absolute Gasteiger partial charge is 0.408 e. The van der Waals surface area contributed by atoms with Crippen LogP contribution in [0.2, 0.25) is 0 Å². The van der Waals surface area contributed by atoms with Gasteiger partial charge < -0.3 is 21.1 Å². The molecule has 0 aromatic carbocycles. The third-order valence-electron chi connectivity index (χ3n) is 3.14. The van der Waals surface area contributed by atoms with E-state index < -0.39 is 23.6 Å². The van der Waals surface area contributed by atoms with E-state index in [4.69, 9.17) is 10.5 Å². The van der Waals surface area contributed by atoms with Crippen LogP contribution in [0.15, 0.2) is 0 Å². The van der Waals surface area contributed by atoms with Crippen LogP contribution in [0.1, 0.15) is 47.5 Å². The summed E-state index contributed by atoms with van der Waals surface area (Å²) in [6.45, 7) is 8.98. The van der Waals surface area contributed by atoms with Gasteiger partial charge in [-0.3, -0.25) is 9.59 Å². The summed E-state index contributed by atoms with van der Waals surface area (Å²) < 4.78 is 5.09. The fourth-order valence-electron chi connectivity index (χ4n) is 2.37. The molecule has 1 unspecified atom stereocenters. The molecule has 1 aliphatic rings. The Balaban J connectivity index is 2.65. The van der Waals surface area contributed by atoms with Crippen molar-refractivity contribution in [3.63, 3.8) is 0 Å². The summed E-state index contributed by atoms with van der Waals surface area (Å²) in [4.78, 5) is 35.0. The number of amides is 3. The molecule has 1 heterocycles. The molecule has 7 heteroatoms. The Labute approximate surface area is 125 Å². The van der Waals surface area contributed by atoms with Gasteiger partial charge in [-0.15, -0.1) is 0 Å². The quantitative estimate of drug-likeness (QED) is 0.708. The molecule has 0 aliphatic carbocycles. The Bertz CT molecular complexity index is 440. The topological polar surface area (TPSA) is 111 Å². The Morgan fingerprint density at radius 2 is 2.05 bits per heavy atom. The molecule has 1 aliphatic heterocycles. The normalized spacial score (nSPS) is 22.3. The maximum atomic E-state index is 11.9. The van der Waals surface area contributed by atoms with Crippen LogP contribution in [-0.2, 0) is 14.3 Å². The summed E-state index contributed by atoms with van der Waals surface area (Å²) in [6, 6.07) is -0.926.